The first kappa shape index (κ1) is 33.3. The van der Waals surface area contributed by atoms with Gasteiger partial charge in [-0.05, 0) is 19.3 Å². The van der Waals surface area contributed by atoms with Crippen LogP contribution >= 0.6 is 0 Å². The van der Waals surface area contributed by atoms with Crippen LogP contribution in [0.5, 0.6) is 0 Å². The van der Waals surface area contributed by atoms with Crippen molar-refractivity contribution in [1.29, 1.82) is 0 Å². The van der Waals surface area contributed by atoms with Crippen LogP contribution in [-0.2, 0) is 28.5 Å². The first-order chi connectivity index (χ1) is 16.8. The van der Waals surface area contributed by atoms with Gasteiger partial charge in [-0.25, -0.2) is 0 Å². The standard InChI is InChI=1S/C28H56O6/c1-3-5-7-9-10-11-12-13-14-15-19-30-22-24-32-26-27-33-25-23-31-20-17-18-28(29)34-21-16-8-6-4-2/h3-27H2,1-2H3. The van der Waals surface area contributed by atoms with Gasteiger partial charge in [-0.15, -0.1) is 0 Å². The fourth-order valence-electron chi connectivity index (χ4n) is 3.56. The molecule has 0 aromatic heterocycles. The molecule has 0 aliphatic rings. The van der Waals surface area contributed by atoms with Gasteiger partial charge < -0.3 is 23.7 Å². The second kappa shape index (κ2) is 30.3. The molecule has 0 saturated carbocycles. The van der Waals surface area contributed by atoms with Crippen LogP contribution in [0.25, 0.3) is 0 Å². The highest BCUT2D eigenvalue weighted by Gasteiger charge is 2.02. The maximum absolute atomic E-state index is 11.6. The summed E-state index contributed by atoms with van der Waals surface area (Å²) in [6, 6.07) is 0. The van der Waals surface area contributed by atoms with Gasteiger partial charge in [0.25, 0.3) is 0 Å². The Morgan fingerprint density at radius 3 is 1.26 bits per heavy atom. The van der Waals surface area contributed by atoms with Crippen LogP contribution in [0.4, 0.5) is 0 Å². The van der Waals surface area contributed by atoms with Gasteiger partial charge in [0.15, 0.2) is 0 Å². The number of rotatable bonds is 29. The van der Waals surface area contributed by atoms with E-state index in [1.54, 1.807) is 0 Å². The van der Waals surface area contributed by atoms with Crippen LogP contribution in [0.2, 0.25) is 0 Å². The fraction of sp³-hybridized carbons (Fsp3) is 0.964. The summed E-state index contributed by atoms with van der Waals surface area (Å²) in [5.41, 5.74) is 0. The Balaban J connectivity index is 3.08. The Kier molecular flexibility index (Phi) is 29.7. The summed E-state index contributed by atoms with van der Waals surface area (Å²) in [4.78, 5) is 11.6. The van der Waals surface area contributed by atoms with E-state index in [2.05, 4.69) is 13.8 Å². The van der Waals surface area contributed by atoms with Crippen molar-refractivity contribution in [1.82, 2.24) is 0 Å². The highest BCUT2D eigenvalue weighted by atomic mass is 16.6. The van der Waals surface area contributed by atoms with E-state index in [0.717, 1.165) is 25.9 Å². The Labute approximate surface area is 210 Å². The molecule has 0 aliphatic heterocycles. The van der Waals surface area contributed by atoms with Gasteiger partial charge in [-0.1, -0.05) is 90.9 Å². The average molecular weight is 489 g/mol. The van der Waals surface area contributed by atoms with Gasteiger partial charge in [-0.2, -0.15) is 0 Å². The molecule has 6 heteroatoms. The SMILES string of the molecule is CCCCCCCCCCCCOCCOCCOCCOCCCC(=O)OCCCCCC. The van der Waals surface area contributed by atoms with E-state index in [9.17, 15) is 4.79 Å². The van der Waals surface area contributed by atoms with Gasteiger partial charge in [0.2, 0.25) is 0 Å². The van der Waals surface area contributed by atoms with Crippen LogP contribution in [0, 0.1) is 0 Å². The summed E-state index contributed by atoms with van der Waals surface area (Å²) in [6.45, 7) is 9.86. The highest BCUT2D eigenvalue weighted by Crippen LogP contribution is 2.10. The van der Waals surface area contributed by atoms with Crippen molar-refractivity contribution in [2.75, 3.05) is 59.5 Å². The number of esters is 1. The van der Waals surface area contributed by atoms with Crippen LogP contribution in [0.3, 0.4) is 0 Å². The second-order valence-electron chi connectivity index (χ2n) is 9.02. The molecule has 0 bridgehead atoms. The minimum absolute atomic E-state index is 0.124. The summed E-state index contributed by atoms with van der Waals surface area (Å²) in [5, 5.41) is 0. The van der Waals surface area contributed by atoms with Gasteiger partial charge in [0.1, 0.15) is 0 Å². The van der Waals surface area contributed by atoms with Crippen molar-refractivity contribution in [2.24, 2.45) is 0 Å². The molecule has 34 heavy (non-hydrogen) atoms. The maximum Gasteiger partial charge on any atom is 0.305 e. The first-order valence-electron chi connectivity index (χ1n) is 14.3. The molecule has 0 amide bonds. The zero-order valence-electron chi connectivity index (χ0n) is 22.6. The average Bonchev–Trinajstić information content (AvgIpc) is 2.84. The summed E-state index contributed by atoms with van der Waals surface area (Å²) in [7, 11) is 0. The molecular weight excluding hydrogens is 432 g/mol. The Bertz CT molecular complexity index is 391. The number of hydrogen-bond acceptors (Lipinski definition) is 6. The Morgan fingerprint density at radius 2 is 0.765 bits per heavy atom. The topological polar surface area (TPSA) is 63.2 Å². The number of hydrogen-bond donors (Lipinski definition) is 0. The van der Waals surface area contributed by atoms with Crippen molar-refractivity contribution in [2.45, 2.75) is 117 Å². The van der Waals surface area contributed by atoms with Gasteiger partial charge in [0.05, 0.1) is 46.2 Å². The molecule has 0 radical (unpaired) electrons. The third-order valence-corrected chi connectivity index (χ3v) is 5.69. The van der Waals surface area contributed by atoms with E-state index in [-0.39, 0.29) is 5.97 Å². The lowest BCUT2D eigenvalue weighted by Gasteiger charge is -2.08. The van der Waals surface area contributed by atoms with E-state index in [1.165, 1.54) is 70.6 Å². The maximum atomic E-state index is 11.6. The molecule has 0 rings (SSSR count). The predicted molar refractivity (Wildman–Crippen MR) is 139 cm³/mol. The third kappa shape index (κ3) is 29.3. The molecule has 0 unspecified atom stereocenters. The minimum Gasteiger partial charge on any atom is -0.466 e. The summed E-state index contributed by atoms with van der Waals surface area (Å²) in [5.74, 6) is -0.124. The Morgan fingerprint density at radius 1 is 0.412 bits per heavy atom. The lowest BCUT2D eigenvalue weighted by molar-refractivity contribution is -0.144. The minimum atomic E-state index is -0.124. The lowest BCUT2D eigenvalue weighted by atomic mass is 10.1. The molecule has 0 spiro atoms. The van der Waals surface area contributed by atoms with Crippen LogP contribution < -0.4 is 0 Å². The van der Waals surface area contributed by atoms with Crippen molar-refractivity contribution < 1.29 is 28.5 Å². The molecule has 0 atom stereocenters. The molecule has 0 fully saturated rings. The van der Waals surface area contributed by atoms with Crippen LogP contribution in [-0.4, -0.2) is 65.4 Å². The van der Waals surface area contributed by atoms with E-state index >= 15 is 0 Å². The largest absolute Gasteiger partial charge is 0.466 e. The third-order valence-electron chi connectivity index (χ3n) is 5.69. The zero-order valence-corrected chi connectivity index (χ0v) is 22.6. The molecule has 0 N–H and O–H groups in total. The molecule has 204 valence electrons. The van der Waals surface area contributed by atoms with E-state index in [4.69, 9.17) is 23.7 Å². The summed E-state index contributed by atoms with van der Waals surface area (Å²) >= 11 is 0. The van der Waals surface area contributed by atoms with Crippen LogP contribution in [0.1, 0.15) is 117 Å². The molecule has 0 saturated heterocycles. The van der Waals surface area contributed by atoms with Crippen molar-refractivity contribution in [3.8, 4) is 0 Å². The summed E-state index contributed by atoms with van der Waals surface area (Å²) < 4.78 is 27.3. The van der Waals surface area contributed by atoms with E-state index in [0.29, 0.717) is 65.7 Å². The van der Waals surface area contributed by atoms with Crippen molar-refractivity contribution >= 4 is 5.97 Å². The molecule has 0 aromatic rings. The number of ether oxygens (including phenoxy) is 5. The quantitative estimate of drug-likeness (QED) is 0.0845. The number of carbonyl (C=O) groups is 1. The normalized spacial score (nSPS) is 11.2. The number of carbonyl (C=O) groups excluding carboxylic acids is 1. The smallest absolute Gasteiger partial charge is 0.305 e. The first-order valence-corrected chi connectivity index (χ1v) is 14.3. The molecule has 0 aliphatic carbocycles. The molecule has 0 heterocycles. The van der Waals surface area contributed by atoms with Gasteiger partial charge >= 0.3 is 5.97 Å². The van der Waals surface area contributed by atoms with Crippen molar-refractivity contribution in [3.05, 3.63) is 0 Å². The highest BCUT2D eigenvalue weighted by molar-refractivity contribution is 5.69. The zero-order chi connectivity index (χ0) is 24.8. The molecule has 0 aromatic carbocycles. The predicted octanol–water partition coefficient (Wildman–Crippen LogP) is 6.88. The number of unbranched alkanes of at least 4 members (excludes halogenated alkanes) is 12. The fourth-order valence-corrected chi connectivity index (χ4v) is 3.56. The molecular formula is C28H56O6. The second-order valence-corrected chi connectivity index (χ2v) is 9.02. The van der Waals surface area contributed by atoms with Crippen LogP contribution in [0.15, 0.2) is 0 Å². The Hall–Kier alpha value is -0.690. The summed E-state index contributed by atoms with van der Waals surface area (Å²) in [6.07, 6.45) is 19.1. The lowest BCUT2D eigenvalue weighted by Crippen LogP contribution is -2.12. The van der Waals surface area contributed by atoms with E-state index in [1.807, 2.05) is 0 Å². The monoisotopic (exact) mass is 488 g/mol. The van der Waals surface area contributed by atoms with Gasteiger partial charge in [-0.3, -0.25) is 4.79 Å². The van der Waals surface area contributed by atoms with E-state index < -0.39 is 0 Å². The van der Waals surface area contributed by atoms with Crippen molar-refractivity contribution in [3.63, 3.8) is 0 Å². The molecule has 6 nitrogen and oxygen atoms in total. The van der Waals surface area contributed by atoms with Gasteiger partial charge in [0, 0.05) is 19.6 Å².